The highest BCUT2D eigenvalue weighted by Gasteiger charge is 2.22. The summed E-state index contributed by atoms with van der Waals surface area (Å²) in [5, 5.41) is 16.7. The Bertz CT molecular complexity index is 387. The Labute approximate surface area is 101 Å². The van der Waals surface area contributed by atoms with E-state index in [1.807, 2.05) is 6.92 Å². The van der Waals surface area contributed by atoms with Crippen LogP contribution in [0.2, 0.25) is 0 Å². The SMILES string of the molecule is COCCc1c(C(=O)O)nnn1C(C)C(C)C. The molecule has 0 amide bonds. The number of rotatable bonds is 6. The molecule has 96 valence electrons. The molecule has 0 saturated carbocycles. The molecule has 0 aliphatic heterocycles. The molecule has 17 heavy (non-hydrogen) atoms. The second kappa shape index (κ2) is 5.77. The molecule has 0 aliphatic rings. The summed E-state index contributed by atoms with van der Waals surface area (Å²) in [7, 11) is 1.58. The Morgan fingerprint density at radius 3 is 2.59 bits per heavy atom. The molecule has 0 radical (unpaired) electrons. The maximum atomic E-state index is 11.0. The fraction of sp³-hybridized carbons (Fsp3) is 0.727. The minimum atomic E-state index is -1.04. The number of hydrogen-bond donors (Lipinski definition) is 1. The highest BCUT2D eigenvalue weighted by molar-refractivity contribution is 5.86. The molecule has 0 bridgehead atoms. The second-order valence-electron chi connectivity index (χ2n) is 4.36. The van der Waals surface area contributed by atoms with Gasteiger partial charge in [0.25, 0.3) is 0 Å². The Kier molecular flexibility index (Phi) is 4.62. The predicted octanol–water partition coefficient (Wildman–Crippen LogP) is 1.38. The Morgan fingerprint density at radius 2 is 2.12 bits per heavy atom. The number of carboxylic acids is 1. The van der Waals surface area contributed by atoms with Gasteiger partial charge in [-0.25, -0.2) is 9.48 Å². The van der Waals surface area contributed by atoms with E-state index in [0.29, 0.717) is 24.6 Å². The monoisotopic (exact) mass is 241 g/mol. The summed E-state index contributed by atoms with van der Waals surface area (Å²) < 4.78 is 6.67. The lowest BCUT2D eigenvalue weighted by atomic mass is 10.1. The summed E-state index contributed by atoms with van der Waals surface area (Å²) in [5.41, 5.74) is 0.648. The molecule has 1 heterocycles. The van der Waals surface area contributed by atoms with Gasteiger partial charge in [-0.3, -0.25) is 0 Å². The number of aromatic carboxylic acids is 1. The molecule has 1 aromatic heterocycles. The number of carbonyl (C=O) groups is 1. The van der Waals surface area contributed by atoms with E-state index in [1.54, 1.807) is 11.8 Å². The van der Waals surface area contributed by atoms with Crippen molar-refractivity contribution in [2.75, 3.05) is 13.7 Å². The van der Waals surface area contributed by atoms with Crippen molar-refractivity contribution in [1.29, 1.82) is 0 Å². The number of ether oxygens (including phenoxy) is 1. The largest absolute Gasteiger partial charge is 0.476 e. The molecular weight excluding hydrogens is 222 g/mol. The van der Waals surface area contributed by atoms with E-state index in [4.69, 9.17) is 9.84 Å². The molecule has 1 N–H and O–H groups in total. The summed E-state index contributed by atoms with van der Waals surface area (Å²) in [5.74, 6) is -0.682. The van der Waals surface area contributed by atoms with Crippen LogP contribution in [0.25, 0.3) is 0 Å². The van der Waals surface area contributed by atoms with Crippen molar-refractivity contribution in [3.63, 3.8) is 0 Å². The number of methoxy groups -OCH3 is 1. The average molecular weight is 241 g/mol. The first-order valence-electron chi connectivity index (χ1n) is 5.65. The van der Waals surface area contributed by atoms with Gasteiger partial charge in [0, 0.05) is 13.5 Å². The van der Waals surface area contributed by atoms with Crippen LogP contribution in [-0.4, -0.2) is 39.8 Å². The van der Waals surface area contributed by atoms with Crippen molar-refractivity contribution >= 4 is 5.97 Å². The van der Waals surface area contributed by atoms with E-state index < -0.39 is 5.97 Å². The summed E-state index contributed by atoms with van der Waals surface area (Å²) >= 11 is 0. The molecule has 1 rings (SSSR count). The highest BCUT2D eigenvalue weighted by atomic mass is 16.5. The van der Waals surface area contributed by atoms with Gasteiger partial charge in [-0.2, -0.15) is 0 Å². The van der Waals surface area contributed by atoms with Crippen LogP contribution in [0.3, 0.4) is 0 Å². The van der Waals surface area contributed by atoms with Crippen molar-refractivity contribution in [2.45, 2.75) is 33.2 Å². The summed E-state index contributed by atoms with van der Waals surface area (Å²) in [6, 6.07) is 0.113. The molecule has 6 nitrogen and oxygen atoms in total. The molecular formula is C11H19N3O3. The predicted molar refractivity (Wildman–Crippen MR) is 62.1 cm³/mol. The van der Waals surface area contributed by atoms with Crippen LogP contribution in [0.15, 0.2) is 0 Å². The minimum Gasteiger partial charge on any atom is -0.476 e. The first kappa shape index (κ1) is 13.6. The number of nitrogens with zero attached hydrogens (tertiary/aromatic N) is 3. The molecule has 1 aromatic rings. The quantitative estimate of drug-likeness (QED) is 0.814. The number of carboxylic acid groups (broad SMARTS) is 1. The molecule has 1 atom stereocenters. The van der Waals surface area contributed by atoms with Gasteiger partial charge < -0.3 is 9.84 Å². The van der Waals surface area contributed by atoms with E-state index in [1.165, 1.54) is 0 Å². The highest BCUT2D eigenvalue weighted by Crippen LogP contribution is 2.19. The van der Waals surface area contributed by atoms with Crippen molar-refractivity contribution in [3.8, 4) is 0 Å². The number of hydrogen-bond acceptors (Lipinski definition) is 4. The van der Waals surface area contributed by atoms with Crippen LogP contribution in [-0.2, 0) is 11.2 Å². The van der Waals surface area contributed by atoms with Crippen LogP contribution < -0.4 is 0 Å². The normalized spacial score (nSPS) is 13.0. The molecule has 1 unspecified atom stereocenters. The fourth-order valence-corrected chi connectivity index (χ4v) is 1.52. The zero-order chi connectivity index (χ0) is 13.0. The first-order chi connectivity index (χ1) is 7.99. The number of aromatic nitrogens is 3. The van der Waals surface area contributed by atoms with Crippen LogP contribution in [0.5, 0.6) is 0 Å². The van der Waals surface area contributed by atoms with Crippen molar-refractivity contribution < 1.29 is 14.6 Å². The van der Waals surface area contributed by atoms with Gasteiger partial charge in [-0.1, -0.05) is 19.1 Å². The zero-order valence-electron chi connectivity index (χ0n) is 10.7. The lowest BCUT2D eigenvalue weighted by Gasteiger charge is -2.18. The van der Waals surface area contributed by atoms with Crippen molar-refractivity contribution in [3.05, 3.63) is 11.4 Å². The summed E-state index contributed by atoms with van der Waals surface area (Å²) in [4.78, 5) is 11.0. The van der Waals surface area contributed by atoms with Gasteiger partial charge in [-0.15, -0.1) is 5.10 Å². The summed E-state index contributed by atoms with van der Waals surface area (Å²) in [6.45, 7) is 6.58. The van der Waals surface area contributed by atoms with Crippen molar-refractivity contribution in [2.24, 2.45) is 5.92 Å². The maximum Gasteiger partial charge on any atom is 0.358 e. The third kappa shape index (κ3) is 3.03. The van der Waals surface area contributed by atoms with E-state index in [9.17, 15) is 4.79 Å². The van der Waals surface area contributed by atoms with E-state index in [-0.39, 0.29) is 11.7 Å². The average Bonchev–Trinajstić information content (AvgIpc) is 2.68. The standard InChI is InChI=1S/C11H19N3O3/c1-7(2)8(3)14-9(5-6-17-4)10(11(15)16)12-13-14/h7-8H,5-6H2,1-4H3,(H,15,16). The Hall–Kier alpha value is -1.43. The summed E-state index contributed by atoms with van der Waals surface area (Å²) in [6.07, 6.45) is 0.502. The Balaban J connectivity index is 3.08. The van der Waals surface area contributed by atoms with Gasteiger partial charge in [0.1, 0.15) is 0 Å². The van der Waals surface area contributed by atoms with Crippen LogP contribution in [0.4, 0.5) is 0 Å². The van der Waals surface area contributed by atoms with E-state index in [2.05, 4.69) is 24.2 Å². The van der Waals surface area contributed by atoms with Crippen LogP contribution in [0, 0.1) is 5.92 Å². The fourth-order valence-electron chi connectivity index (χ4n) is 1.52. The smallest absolute Gasteiger partial charge is 0.358 e. The minimum absolute atomic E-state index is 0.0227. The third-order valence-corrected chi connectivity index (χ3v) is 2.89. The van der Waals surface area contributed by atoms with Gasteiger partial charge in [-0.05, 0) is 12.8 Å². The molecule has 0 aliphatic carbocycles. The van der Waals surface area contributed by atoms with Crippen molar-refractivity contribution in [1.82, 2.24) is 15.0 Å². The molecule has 6 heteroatoms. The molecule has 0 spiro atoms. The topological polar surface area (TPSA) is 77.2 Å². The molecule has 0 saturated heterocycles. The second-order valence-corrected chi connectivity index (χ2v) is 4.36. The van der Waals surface area contributed by atoms with Gasteiger partial charge in [0.05, 0.1) is 18.3 Å². The van der Waals surface area contributed by atoms with Crippen LogP contribution in [0.1, 0.15) is 43.0 Å². The van der Waals surface area contributed by atoms with Gasteiger partial charge >= 0.3 is 5.97 Å². The van der Waals surface area contributed by atoms with Crippen LogP contribution >= 0.6 is 0 Å². The Morgan fingerprint density at radius 1 is 1.47 bits per heavy atom. The van der Waals surface area contributed by atoms with E-state index >= 15 is 0 Å². The third-order valence-electron chi connectivity index (χ3n) is 2.89. The van der Waals surface area contributed by atoms with Gasteiger partial charge in [0.2, 0.25) is 0 Å². The molecule has 0 fully saturated rings. The zero-order valence-corrected chi connectivity index (χ0v) is 10.7. The van der Waals surface area contributed by atoms with Gasteiger partial charge in [0.15, 0.2) is 5.69 Å². The lowest BCUT2D eigenvalue weighted by Crippen LogP contribution is -2.18. The maximum absolute atomic E-state index is 11.0. The first-order valence-corrected chi connectivity index (χ1v) is 5.65. The lowest BCUT2D eigenvalue weighted by molar-refractivity contribution is 0.0688. The van der Waals surface area contributed by atoms with E-state index in [0.717, 1.165) is 0 Å². The molecule has 0 aromatic carbocycles.